The summed E-state index contributed by atoms with van der Waals surface area (Å²) >= 11 is 0. The molecule has 0 amide bonds. The van der Waals surface area contributed by atoms with Crippen LogP contribution < -0.4 is 0 Å². The fourth-order valence-electron chi connectivity index (χ4n) is 6.06. The Morgan fingerprint density at radius 3 is 2.44 bits per heavy atom. The molecule has 3 aliphatic carbocycles. The van der Waals surface area contributed by atoms with Crippen molar-refractivity contribution < 1.29 is 33.6 Å². The third-order valence-corrected chi connectivity index (χ3v) is 8.28. The van der Waals surface area contributed by atoms with Crippen LogP contribution in [0.25, 0.3) is 0 Å². The quantitative estimate of drug-likeness (QED) is 0.601. The van der Waals surface area contributed by atoms with Crippen molar-refractivity contribution in [3.8, 4) is 0 Å². The minimum Gasteiger partial charge on any atom is -0.388 e. The van der Waals surface area contributed by atoms with Crippen molar-refractivity contribution in [2.45, 2.75) is 96.9 Å². The Morgan fingerprint density at radius 1 is 1.06 bits per heavy atom. The average molecular weight is 455 g/mol. The number of rotatable bonds is 4. The molecule has 4 aliphatic rings. The molecule has 4 rings (SSSR count). The molecule has 2 fully saturated rings. The zero-order valence-electron chi connectivity index (χ0n) is 19.4. The second-order valence-electron chi connectivity index (χ2n) is 10.7. The molecule has 0 aromatic rings. The van der Waals surface area contributed by atoms with Crippen molar-refractivity contribution >= 4 is 0 Å². The molecule has 0 aromatic carbocycles. The molecule has 0 bridgehead atoms. The van der Waals surface area contributed by atoms with Crippen LogP contribution in [0.3, 0.4) is 0 Å². The highest BCUT2D eigenvalue weighted by atomic mass is 19.3. The molecule has 0 spiro atoms. The molecule has 180 valence electrons. The van der Waals surface area contributed by atoms with Gasteiger partial charge in [-0.2, -0.15) is 0 Å². The lowest BCUT2D eigenvalue weighted by Crippen LogP contribution is -2.56. The summed E-state index contributed by atoms with van der Waals surface area (Å²) in [7, 11) is 0. The summed E-state index contributed by atoms with van der Waals surface area (Å²) in [6, 6.07) is 0. The summed E-state index contributed by atoms with van der Waals surface area (Å²) in [5.74, 6) is 0.372. The average Bonchev–Trinajstić information content (AvgIpc) is 3.01. The van der Waals surface area contributed by atoms with Crippen molar-refractivity contribution in [3.05, 3.63) is 34.4 Å². The van der Waals surface area contributed by atoms with Crippen molar-refractivity contribution in [1.29, 1.82) is 0 Å². The van der Waals surface area contributed by atoms with E-state index < -0.39 is 42.5 Å². The first kappa shape index (κ1) is 24.0. The Kier molecular flexibility index (Phi) is 6.44. The summed E-state index contributed by atoms with van der Waals surface area (Å²) < 4.78 is 39.4. The van der Waals surface area contributed by atoms with Crippen LogP contribution in [0.15, 0.2) is 34.4 Å². The van der Waals surface area contributed by atoms with Crippen molar-refractivity contribution in [2.75, 3.05) is 6.61 Å². The summed E-state index contributed by atoms with van der Waals surface area (Å²) in [5, 5.41) is 30.3. The van der Waals surface area contributed by atoms with Gasteiger partial charge >= 0.3 is 0 Å². The van der Waals surface area contributed by atoms with E-state index in [1.165, 1.54) is 11.1 Å². The summed E-state index contributed by atoms with van der Waals surface area (Å²) in [4.78, 5) is 0. The highest BCUT2D eigenvalue weighted by Crippen LogP contribution is 2.62. The van der Waals surface area contributed by atoms with Crippen LogP contribution in [0.4, 0.5) is 8.78 Å². The lowest BCUT2D eigenvalue weighted by atomic mass is 9.57. The van der Waals surface area contributed by atoms with Gasteiger partial charge in [0.05, 0.1) is 12.7 Å². The Hall–Kier alpha value is -1.12. The first-order valence-electron chi connectivity index (χ1n) is 11.7. The minimum atomic E-state index is -2.61. The maximum Gasteiger partial charge on any atom is 0.260 e. The Morgan fingerprint density at radius 2 is 1.78 bits per heavy atom. The van der Waals surface area contributed by atoms with E-state index in [4.69, 9.17) is 9.47 Å². The van der Waals surface area contributed by atoms with E-state index in [1.807, 2.05) is 6.08 Å². The molecule has 0 unspecified atom stereocenters. The Bertz CT molecular complexity index is 834. The van der Waals surface area contributed by atoms with E-state index >= 15 is 0 Å². The number of hydrogen-bond donors (Lipinski definition) is 3. The van der Waals surface area contributed by atoms with Gasteiger partial charge in [0.2, 0.25) is 0 Å². The van der Waals surface area contributed by atoms with E-state index in [0.717, 1.165) is 31.3 Å². The molecule has 5 nitrogen and oxygen atoms in total. The first-order chi connectivity index (χ1) is 15.0. The normalized spacial score (nSPS) is 42.5. The smallest absolute Gasteiger partial charge is 0.260 e. The number of halogens is 2. The van der Waals surface area contributed by atoms with Gasteiger partial charge in [0.25, 0.3) is 6.43 Å². The van der Waals surface area contributed by atoms with Crippen LogP contribution in [-0.2, 0) is 9.47 Å². The topological polar surface area (TPSA) is 79.2 Å². The fourth-order valence-corrected chi connectivity index (χ4v) is 6.06. The molecule has 7 atom stereocenters. The molecule has 32 heavy (non-hydrogen) atoms. The van der Waals surface area contributed by atoms with Gasteiger partial charge < -0.3 is 24.8 Å². The van der Waals surface area contributed by atoms with Crippen molar-refractivity contribution in [2.24, 2.45) is 16.7 Å². The van der Waals surface area contributed by atoms with Gasteiger partial charge in [0.15, 0.2) is 6.29 Å². The molecule has 0 radical (unpaired) electrons. The first-order valence-corrected chi connectivity index (χ1v) is 11.7. The fraction of sp³-hybridized carbons (Fsp3) is 0.760. The second kappa shape index (κ2) is 8.58. The number of ether oxygens (including phenoxy) is 2. The zero-order chi connectivity index (χ0) is 23.4. The zero-order valence-corrected chi connectivity index (χ0v) is 19.4. The van der Waals surface area contributed by atoms with Gasteiger partial charge in [-0.25, -0.2) is 8.78 Å². The lowest BCUT2D eigenvalue weighted by Gasteiger charge is -2.50. The van der Waals surface area contributed by atoms with Crippen LogP contribution in [-0.4, -0.2) is 59.1 Å². The maximum atomic E-state index is 13.9. The van der Waals surface area contributed by atoms with Gasteiger partial charge in [-0.15, -0.1) is 0 Å². The van der Waals surface area contributed by atoms with Crippen LogP contribution in [0.1, 0.15) is 59.8 Å². The van der Waals surface area contributed by atoms with Gasteiger partial charge in [-0.3, -0.25) is 0 Å². The monoisotopic (exact) mass is 454 g/mol. The molecule has 0 aromatic heterocycles. The molecular formula is C25H36F2O5. The van der Waals surface area contributed by atoms with Crippen molar-refractivity contribution in [1.82, 2.24) is 0 Å². The summed E-state index contributed by atoms with van der Waals surface area (Å²) in [6.07, 6.45) is -1.32. The summed E-state index contributed by atoms with van der Waals surface area (Å²) in [5.41, 5.74) is 3.22. The van der Waals surface area contributed by atoms with E-state index in [-0.39, 0.29) is 24.0 Å². The Balaban J connectivity index is 1.75. The van der Waals surface area contributed by atoms with Crippen molar-refractivity contribution in [3.63, 3.8) is 0 Å². The van der Waals surface area contributed by atoms with Gasteiger partial charge in [-0.1, -0.05) is 45.4 Å². The van der Waals surface area contributed by atoms with Gasteiger partial charge in [-0.05, 0) is 53.7 Å². The molecule has 1 aliphatic heterocycles. The third-order valence-electron chi connectivity index (χ3n) is 8.28. The highest BCUT2D eigenvalue weighted by Gasteiger charge is 2.53. The maximum absolute atomic E-state index is 13.9. The van der Waals surface area contributed by atoms with E-state index in [2.05, 4.69) is 27.7 Å². The van der Waals surface area contributed by atoms with Crippen LogP contribution in [0.5, 0.6) is 0 Å². The standard InChI is InChI=1S/C25H36F2O5/c1-13(2)15-7-8-24(3)9-10-25(4)16(19(15)24)6-5-14(22(26)27)11-18(25)32-23-21(30)20(29)17(28)12-31-23/h5-6,13,17-18,20-23,28-30H,7-12H2,1-4H3/t17-,18+,20+,21-,23+,24-,25-/m1/s1. The minimum absolute atomic E-state index is 0.00426. The molecule has 1 saturated carbocycles. The molecule has 7 heteroatoms. The van der Waals surface area contributed by atoms with Crippen LogP contribution >= 0.6 is 0 Å². The predicted octanol–water partition coefficient (Wildman–Crippen LogP) is 3.89. The predicted molar refractivity (Wildman–Crippen MR) is 116 cm³/mol. The van der Waals surface area contributed by atoms with E-state index in [0.29, 0.717) is 5.92 Å². The lowest BCUT2D eigenvalue weighted by molar-refractivity contribution is -0.291. The largest absolute Gasteiger partial charge is 0.388 e. The molecule has 1 saturated heterocycles. The van der Waals surface area contributed by atoms with Gasteiger partial charge in [0, 0.05) is 11.8 Å². The molecule has 3 N–H and O–H groups in total. The van der Waals surface area contributed by atoms with Gasteiger partial charge in [0.1, 0.15) is 18.3 Å². The molecular weight excluding hydrogens is 418 g/mol. The van der Waals surface area contributed by atoms with Crippen LogP contribution in [0.2, 0.25) is 0 Å². The summed E-state index contributed by atoms with van der Waals surface area (Å²) in [6.45, 7) is 8.53. The van der Waals surface area contributed by atoms with E-state index in [1.54, 1.807) is 6.08 Å². The number of hydrogen-bond acceptors (Lipinski definition) is 5. The second-order valence-corrected chi connectivity index (χ2v) is 10.7. The SMILES string of the molecule is CC(C)C1=C2C3=CC=C(C(F)F)C[C@H](O[C@@H]4OC[C@@H](O)[C@H](O)[C@H]4O)[C@]3(C)CC[C@@]2(C)CC1. The highest BCUT2D eigenvalue weighted by molar-refractivity contribution is 5.52. The van der Waals surface area contributed by atoms with E-state index in [9.17, 15) is 24.1 Å². The number of aliphatic hydroxyl groups is 3. The third kappa shape index (κ3) is 3.90. The molecule has 1 heterocycles. The number of aliphatic hydroxyl groups excluding tert-OH is 3. The number of fused-ring (bicyclic) bond motifs is 3. The van der Waals surface area contributed by atoms with Crippen LogP contribution in [0, 0.1) is 16.7 Å². The number of alkyl halides is 2. The number of allylic oxidation sites excluding steroid dienone is 4. The Labute approximate surface area is 188 Å².